The van der Waals surface area contributed by atoms with Gasteiger partial charge in [-0.3, -0.25) is 0 Å². The molecule has 0 spiro atoms. The highest BCUT2D eigenvalue weighted by atomic mass is 16.3. The second-order valence-corrected chi connectivity index (χ2v) is 6.72. The van der Waals surface area contributed by atoms with E-state index in [0.717, 1.165) is 21.9 Å². The highest BCUT2D eigenvalue weighted by molar-refractivity contribution is 5.93. The molecule has 136 valence electrons. The van der Waals surface area contributed by atoms with Gasteiger partial charge in [0.2, 0.25) is 0 Å². The molecule has 0 bridgehead atoms. The average Bonchev–Trinajstić information content (AvgIpc) is 2.65. The van der Waals surface area contributed by atoms with Crippen LogP contribution < -0.4 is 0 Å². The molecule has 0 aliphatic carbocycles. The van der Waals surface area contributed by atoms with Gasteiger partial charge < -0.3 is 20.4 Å². The highest BCUT2D eigenvalue weighted by Crippen LogP contribution is 2.35. The molecule has 0 saturated carbocycles. The molecule has 0 aromatic heterocycles. The molecule has 4 rings (SSSR count). The first-order valence-electron chi connectivity index (χ1n) is 8.91. The molecule has 4 N–H and O–H groups in total. The summed E-state index contributed by atoms with van der Waals surface area (Å²) in [6.07, 6.45) is 1.90. The number of rotatable bonds is 4. The fourth-order valence-electron chi connectivity index (χ4n) is 3.75. The minimum absolute atomic E-state index is 0.191. The van der Waals surface area contributed by atoms with E-state index in [1.54, 1.807) is 48.5 Å². The lowest BCUT2D eigenvalue weighted by molar-refractivity contribution is 0.464. The Morgan fingerprint density at radius 1 is 0.444 bits per heavy atom. The van der Waals surface area contributed by atoms with Crippen molar-refractivity contribution in [2.45, 2.75) is 19.3 Å². The minimum atomic E-state index is 0.191. The summed E-state index contributed by atoms with van der Waals surface area (Å²) in [6.45, 7) is 0. The van der Waals surface area contributed by atoms with Gasteiger partial charge in [0.1, 0.15) is 23.0 Å². The second-order valence-electron chi connectivity index (χ2n) is 6.72. The van der Waals surface area contributed by atoms with E-state index in [1.807, 2.05) is 12.1 Å². The summed E-state index contributed by atoms with van der Waals surface area (Å²) < 4.78 is 0. The van der Waals surface area contributed by atoms with Crippen LogP contribution in [0.2, 0.25) is 0 Å². The number of aryl methyl sites for hydroxylation is 2. The lowest BCUT2D eigenvalue weighted by atomic mass is 9.95. The molecule has 0 saturated heterocycles. The van der Waals surface area contributed by atoms with Gasteiger partial charge in [0.05, 0.1) is 0 Å². The largest absolute Gasteiger partial charge is 0.508 e. The standard InChI is InChI=1S/C23H20O4/c24-20-8-2-4-14-16(22(26)12-10-18(14)20)6-1-7-17-15-5-3-9-21(25)19(15)11-13-23(17)27/h2-5,8-13,24-27H,1,6-7H2. The zero-order valence-electron chi connectivity index (χ0n) is 14.7. The van der Waals surface area contributed by atoms with Crippen LogP contribution in [0.5, 0.6) is 23.0 Å². The lowest BCUT2D eigenvalue weighted by Gasteiger charge is -2.12. The van der Waals surface area contributed by atoms with Crippen LogP contribution in [0.25, 0.3) is 21.5 Å². The summed E-state index contributed by atoms with van der Waals surface area (Å²) in [5.74, 6) is 0.785. The normalized spacial score (nSPS) is 11.3. The Morgan fingerprint density at radius 2 is 0.889 bits per heavy atom. The van der Waals surface area contributed by atoms with Crippen LogP contribution in [-0.2, 0) is 12.8 Å². The van der Waals surface area contributed by atoms with E-state index >= 15 is 0 Å². The zero-order chi connectivity index (χ0) is 19.0. The highest BCUT2D eigenvalue weighted by Gasteiger charge is 2.12. The molecule has 4 nitrogen and oxygen atoms in total. The molecule has 0 aliphatic heterocycles. The summed E-state index contributed by atoms with van der Waals surface area (Å²) in [7, 11) is 0. The third-order valence-corrected chi connectivity index (χ3v) is 5.10. The zero-order valence-corrected chi connectivity index (χ0v) is 14.7. The summed E-state index contributed by atoms with van der Waals surface area (Å²) in [5.41, 5.74) is 1.57. The summed E-state index contributed by atoms with van der Waals surface area (Å²) in [5, 5.41) is 43.7. The van der Waals surface area contributed by atoms with Gasteiger partial charge in [-0.2, -0.15) is 0 Å². The Labute approximate surface area is 156 Å². The van der Waals surface area contributed by atoms with Crippen LogP contribution in [0, 0.1) is 0 Å². The van der Waals surface area contributed by atoms with E-state index in [0.29, 0.717) is 30.0 Å². The van der Waals surface area contributed by atoms with Crippen molar-refractivity contribution >= 4 is 21.5 Å². The predicted molar refractivity (Wildman–Crippen MR) is 107 cm³/mol. The Bertz CT molecular complexity index is 1060. The number of hydrogen-bond donors (Lipinski definition) is 4. The number of benzene rings is 4. The Hall–Kier alpha value is -3.40. The van der Waals surface area contributed by atoms with Crippen LogP contribution in [0.3, 0.4) is 0 Å². The third kappa shape index (κ3) is 2.99. The number of phenolic OH excluding ortho intramolecular Hbond substituents is 4. The van der Waals surface area contributed by atoms with Crippen LogP contribution in [0.4, 0.5) is 0 Å². The van der Waals surface area contributed by atoms with E-state index in [2.05, 4.69) is 0 Å². The van der Waals surface area contributed by atoms with E-state index in [4.69, 9.17) is 0 Å². The number of hydrogen-bond acceptors (Lipinski definition) is 4. The van der Waals surface area contributed by atoms with Gasteiger partial charge in [-0.1, -0.05) is 24.3 Å². The van der Waals surface area contributed by atoms with Crippen molar-refractivity contribution in [3.8, 4) is 23.0 Å². The molecular weight excluding hydrogens is 340 g/mol. The Kier molecular flexibility index (Phi) is 4.24. The van der Waals surface area contributed by atoms with E-state index < -0.39 is 0 Å². The molecule has 4 aromatic carbocycles. The van der Waals surface area contributed by atoms with Crippen LogP contribution in [0.1, 0.15) is 17.5 Å². The van der Waals surface area contributed by atoms with Crippen LogP contribution in [0.15, 0.2) is 60.7 Å². The fourth-order valence-corrected chi connectivity index (χ4v) is 3.75. The van der Waals surface area contributed by atoms with Gasteiger partial charge in [-0.25, -0.2) is 0 Å². The van der Waals surface area contributed by atoms with Gasteiger partial charge in [0.25, 0.3) is 0 Å². The number of fused-ring (bicyclic) bond motifs is 2. The van der Waals surface area contributed by atoms with Gasteiger partial charge in [0.15, 0.2) is 0 Å². The van der Waals surface area contributed by atoms with Crippen molar-refractivity contribution in [2.75, 3.05) is 0 Å². The van der Waals surface area contributed by atoms with Gasteiger partial charge in [0, 0.05) is 21.9 Å². The molecule has 0 aliphatic rings. The SMILES string of the molecule is Oc1ccc2c(O)cccc2c1CCCc1c(O)ccc2c(O)cccc12. The van der Waals surface area contributed by atoms with Gasteiger partial charge in [-0.05, 0) is 66.4 Å². The first-order chi connectivity index (χ1) is 13.1. The maximum absolute atomic E-state index is 10.3. The van der Waals surface area contributed by atoms with E-state index in [1.165, 1.54) is 0 Å². The predicted octanol–water partition coefficient (Wildman–Crippen LogP) is 4.99. The Morgan fingerprint density at radius 3 is 1.33 bits per heavy atom. The van der Waals surface area contributed by atoms with Gasteiger partial charge in [-0.15, -0.1) is 0 Å². The molecule has 4 heteroatoms. The minimum Gasteiger partial charge on any atom is -0.508 e. The van der Waals surface area contributed by atoms with Crippen LogP contribution >= 0.6 is 0 Å². The first-order valence-corrected chi connectivity index (χ1v) is 8.91. The molecule has 0 fully saturated rings. The fraction of sp³-hybridized carbons (Fsp3) is 0.130. The van der Waals surface area contributed by atoms with E-state index in [9.17, 15) is 20.4 Å². The van der Waals surface area contributed by atoms with Crippen LogP contribution in [-0.4, -0.2) is 20.4 Å². The third-order valence-electron chi connectivity index (χ3n) is 5.10. The van der Waals surface area contributed by atoms with Gasteiger partial charge >= 0.3 is 0 Å². The molecular formula is C23H20O4. The molecule has 27 heavy (non-hydrogen) atoms. The van der Waals surface area contributed by atoms with Crippen molar-refractivity contribution in [1.29, 1.82) is 0 Å². The van der Waals surface area contributed by atoms with E-state index in [-0.39, 0.29) is 23.0 Å². The molecule has 0 unspecified atom stereocenters. The van der Waals surface area contributed by atoms with Crippen molar-refractivity contribution in [1.82, 2.24) is 0 Å². The summed E-state index contributed by atoms with van der Waals surface area (Å²) in [4.78, 5) is 0. The molecule has 0 heterocycles. The number of aromatic hydroxyl groups is 4. The second kappa shape index (κ2) is 6.72. The quantitative estimate of drug-likeness (QED) is 0.413. The molecule has 0 radical (unpaired) electrons. The van der Waals surface area contributed by atoms with Crippen molar-refractivity contribution < 1.29 is 20.4 Å². The summed E-state index contributed by atoms with van der Waals surface area (Å²) >= 11 is 0. The maximum Gasteiger partial charge on any atom is 0.123 e. The summed E-state index contributed by atoms with van der Waals surface area (Å²) in [6, 6.07) is 17.2. The Balaban J connectivity index is 1.65. The monoisotopic (exact) mass is 360 g/mol. The molecule has 0 atom stereocenters. The molecule has 0 amide bonds. The van der Waals surface area contributed by atoms with Crippen molar-refractivity contribution in [3.05, 3.63) is 71.8 Å². The topological polar surface area (TPSA) is 80.9 Å². The first kappa shape index (κ1) is 17.0. The smallest absolute Gasteiger partial charge is 0.123 e. The molecule has 4 aromatic rings. The maximum atomic E-state index is 10.3. The average molecular weight is 360 g/mol. The number of phenols is 4. The van der Waals surface area contributed by atoms with Crippen molar-refractivity contribution in [3.63, 3.8) is 0 Å². The lowest BCUT2D eigenvalue weighted by Crippen LogP contribution is -1.94. The van der Waals surface area contributed by atoms with Crippen molar-refractivity contribution in [2.24, 2.45) is 0 Å².